The van der Waals surface area contributed by atoms with Crippen LogP contribution >= 0.6 is 0 Å². The van der Waals surface area contributed by atoms with E-state index in [-0.39, 0.29) is 11.8 Å². The number of aromatic hydroxyl groups is 1. The molecule has 4 heteroatoms. The summed E-state index contributed by atoms with van der Waals surface area (Å²) >= 11 is 0. The second kappa shape index (κ2) is 3.51. The van der Waals surface area contributed by atoms with Crippen molar-refractivity contribution < 1.29 is 9.50 Å². The highest BCUT2D eigenvalue weighted by molar-refractivity contribution is 5.29. The molecule has 66 valence electrons. The Morgan fingerprint density at radius 2 is 2.25 bits per heavy atom. The lowest BCUT2D eigenvalue weighted by molar-refractivity contribution is 0.430. The largest absolute Gasteiger partial charge is 0.505 e. The molecule has 1 aromatic rings. The van der Waals surface area contributed by atoms with E-state index in [9.17, 15) is 4.39 Å². The van der Waals surface area contributed by atoms with Gasteiger partial charge in [-0.25, -0.2) is 4.39 Å². The SMILES string of the molecule is C[C@H](NN)c1ccc(O)c(F)c1. The number of halogens is 1. The molecule has 0 radical (unpaired) electrons. The highest BCUT2D eigenvalue weighted by atomic mass is 19.1. The molecule has 4 N–H and O–H groups in total. The summed E-state index contributed by atoms with van der Waals surface area (Å²) in [6.45, 7) is 1.80. The quantitative estimate of drug-likeness (QED) is 0.459. The second-order valence-corrected chi connectivity index (χ2v) is 2.60. The van der Waals surface area contributed by atoms with Crippen LogP contribution in [0.1, 0.15) is 18.5 Å². The molecule has 0 aliphatic heterocycles. The number of benzene rings is 1. The van der Waals surface area contributed by atoms with E-state index in [1.54, 1.807) is 13.0 Å². The molecule has 0 saturated heterocycles. The maximum atomic E-state index is 12.8. The van der Waals surface area contributed by atoms with E-state index >= 15 is 0 Å². The summed E-state index contributed by atoms with van der Waals surface area (Å²) < 4.78 is 12.8. The van der Waals surface area contributed by atoms with Crippen molar-refractivity contribution in [2.24, 2.45) is 5.84 Å². The minimum Gasteiger partial charge on any atom is -0.505 e. The van der Waals surface area contributed by atoms with Crippen LogP contribution in [0.4, 0.5) is 4.39 Å². The predicted molar refractivity (Wildman–Crippen MR) is 43.8 cm³/mol. The van der Waals surface area contributed by atoms with Crippen LogP contribution < -0.4 is 11.3 Å². The van der Waals surface area contributed by atoms with Gasteiger partial charge in [0, 0.05) is 6.04 Å². The van der Waals surface area contributed by atoms with Crippen molar-refractivity contribution in [3.05, 3.63) is 29.6 Å². The number of nitrogens with two attached hydrogens (primary N) is 1. The third-order valence-electron chi connectivity index (χ3n) is 1.72. The summed E-state index contributed by atoms with van der Waals surface area (Å²) in [4.78, 5) is 0. The number of rotatable bonds is 2. The summed E-state index contributed by atoms with van der Waals surface area (Å²) in [5, 5.41) is 8.87. The fourth-order valence-electron chi connectivity index (χ4n) is 0.889. The predicted octanol–water partition coefficient (Wildman–Crippen LogP) is 1.06. The summed E-state index contributed by atoms with van der Waals surface area (Å²) in [5.41, 5.74) is 3.18. The van der Waals surface area contributed by atoms with E-state index in [1.165, 1.54) is 12.1 Å². The lowest BCUT2D eigenvalue weighted by Gasteiger charge is -2.09. The molecule has 0 aliphatic rings. The van der Waals surface area contributed by atoms with Gasteiger partial charge < -0.3 is 5.11 Å². The lowest BCUT2D eigenvalue weighted by Crippen LogP contribution is -2.25. The molecule has 3 nitrogen and oxygen atoms in total. The van der Waals surface area contributed by atoms with Gasteiger partial charge in [-0.05, 0) is 24.6 Å². The Labute approximate surface area is 70.0 Å². The summed E-state index contributed by atoms with van der Waals surface area (Å²) in [6, 6.07) is 4.04. The van der Waals surface area contributed by atoms with E-state index in [0.717, 1.165) is 0 Å². The van der Waals surface area contributed by atoms with Gasteiger partial charge in [0.25, 0.3) is 0 Å². The maximum Gasteiger partial charge on any atom is 0.165 e. The highest BCUT2D eigenvalue weighted by Crippen LogP contribution is 2.19. The minimum absolute atomic E-state index is 0.125. The molecule has 1 aromatic carbocycles. The third-order valence-corrected chi connectivity index (χ3v) is 1.72. The highest BCUT2D eigenvalue weighted by Gasteiger charge is 2.06. The van der Waals surface area contributed by atoms with Gasteiger partial charge in [-0.1, -0.05) is 6.07 Å². The molecular weight excluding hydrogens is 159 g/mol. The first-order chi connectivity index (χ1) is 5.65. The molecule has 0 fully saturated rings. The zero-order valence-electron chi connectivity index (χ0n) is 6.71. The van der Waals surface area contributed by atoms with E-state index in [4.69, 9.17) is 10.9 Å². The van der Waals surface area contributed by atoms with E-state index in [0.29, 0.717) is 5.56 Å². The van der Waals surface area contributed by atoms with Crippen LogP contribution in [-0.4, -0.2) is 5.11 Å². The molecule has 0 amide bonds. The number of hydrogen-bond acceptors (Lipinski definition) is 3. The number of hydrogen-bond donors (Lipinski definition) is 3. The normalized spacial score (nSPS) is 12.9. The molecule has 0 saturated carbocycles. The van der Waals surface area contributed by atoms with Crippen molar-refractivity contribution in [1.82, 2.24) is 5.43 Å². The van der Waals surface area contributed by atoms with Crippen molar-refractivity contribution in [2.45, 2.75) is 13.0 Å². The van der Waals surface area contributed by atoms with Gasteiger partial charge in [0.15, 0.2) is 11.6 Å². The van der Waals surface area contributed by atoms with Gasteiger partial charge in [-0.3, -0.25) is 11.3 Å². The maximum absolute atomic E-state index is 12.8. The van der Waals surface area contributed by atoms with Crippen LogP contribution in [0.2, 0.25) is 0 Å². The van der Waals surface area contributed by atoms with Crippen molar-refractivity contribution in [1.29, 1.82) is 0 Å². The second-order valence-electron chi connectivity index (χ2n) is 2.60. The van der Waals surface area contributed by atoms with Crippen molar-refractivity contribution in [2.75, 3.05) is 0 Å². The number of hydrazine groups is 1. The smallest absolute Gasteiger partial charge is 0.165 e. The average molecular weight is 170 g/mol. The summed E-state index contributed by atoms with van der Waals surface area (Å²) in [5.74, 6) is 4.18. The fourth-order valence-corrected chi connectivity index (χ4v) is 0.889. The third kappa shape index (κ3) is 1.72. The van der Waals surface area contributed by atoms with Crippen molar-refractivity contribution >= 4 is 0 Å². The Morgan fingerprint density at radius 3 is 2.75 bits per heavy atom. The number of phenols is 1. The molecule has 0 bridgehead atoms. The van der Waals surface area contributed by atoms with Crippen LogP contribution in [0, 0.1) is 5.82 Å². The summed E-state index contributed by atoms with van der Waals surface area (Å²) in [7, 11) is 0. The van der Waals surface area contributed by atoms with Gasteiger partial charge >= 0.3 is 0 Å². The van der Waals surface area contributed by atoms with Gasteiger partial charge in [-0.15, -0.1) is 0 Å². The standard InChI is InChI=1S/C8H11FN2O/c1-5(11-10)6-2-3-8(12)7(9)4-6/h2-5,11-12H,10H2,1H3/t5-/m0/s1. The zero-order valence-corrected chi connectivity index (χ0v) is 6.71. The number of nitrogens with one attached hydrogen (secondary N) is 1. The zero-order chi connectivity index (χ0) is 9.14. The lowest BCUT2D eigenvalue weighted by atomic mass is 10.1. The molecule has 0 aliphatic carbocycles. The van der Waals surface area contributed by atoms with E-state index in [1.807, 2.05) is 0 Å². The van der Waals surface area contributed by atoms with Crippen LogP contribution in [0.15, 0.2) is 18.2 Å². The van der Waals surface area contributed by atoms with Gasteiger partial charge in [0.1, 0.15) is 0 Å². The minimum atomic E-state index is -0.630. The van der Waals surface area contributed by atoms with Crippen LogP contribution in [0.25, 0.3) is 0 Å². The van der Waals surface area contributed by atoms with Gasteiger partial charge in [0.05, 0.1) is 0 Å². The monoisotopic (exact) mass is 170 g/mol. The van der Waals surface area contributed by atoms with Crippen LogP contribution in [0.3, 0.4) is 0 Å². The fraction of sp³-hybridized carbons (Fsp3) is 0.250. The first-order valence-corrected chi connectivity index (χ1v) is 3.59. The van der Waals surface area contributed by atoms with Crippen LogP contribution in [0.5, 0.6) is 5.75 Å². The summed E-state index contributed by atoms with van der Waals surface area (Å²) in [6.07, 6.45) is 0. The van der Waals surface area contributed by atoms with E-state index in [2.05, 4.69) is 5.43 Å². The van der Waals surface area contributed by atoms with Gasteiger partial charge in [-0.2, -0.15) is 0 Å². The first kappa shape index (κ1) is 8.96. The Kier molecular flexibility index (Phi) is 2.62. The Bertz CT molecular complexity index is 278. The van der Waals surface area contributed by atoms with Gasteiger partial charge in [0.2, 0.25) is 0 Å². The molecule has 0 unspecified atom stereocenters. The Morgan fingerprint density at radius 1 is 1.58 bits per heavy atom. The topological polar surface area (TPSA) is 58.3 Å². The van der Waals surface area contributed by atoms with Crippen molar-refractivity contribution in [3.63, 3.8) is 0 Å². The Hall–Kier alpha value is -1.13. The molecule has 0 spiro atoms. The number of phenolic OH excluding ortho intramolecular Hbond substituents is 1. The molecule has 0 aromatic heterocycles. The molecular formula is C8H11FN2O. The van der Waals surface area contributed by atoms with Crippen molar-refractivity contribution in [3.8, 4) is 5.75 Å². The van der Waals surface area contributed by atoms with E-state index < -0.39 is 5.82 Å². The first-order valence-electron chi connectivity index (χ1n) is 3.59. The molecule has 12 heavy (non-hydrogen) atoms. The molecule has 1 rings (SSSR count). The molecule has 0 heterocycles. The average Bonchev–Trinajstić information content (AvgIpc) is 2.08. The van der Waals surface area contributed by atoms with Crippen LogP contribution in [-0.2, 0) is 0 Å². The Balaban J connectivity index is 2.96. The molecule has 1 atom stereocenters.